The second-order valence-corrected chi connectivity index (χ2v) is 8.23. The maximum absolute atomic E-state index is 12.4. The van der Waals surface area contributed by atoms with Crippen molar-refractivity contribution in [1.82, 2.24) is 4.72 Å². The van der Waals surface area contributed by atoms with Gasteiger partial charge < -0.3 is 5.32 Å². The molecule has 2 aromatic rings. The summed E-state index contributed by atoms with van der Waals surface area (Å²) in [5, 5.41) is 3.31. The van der Waals surface area contributed by atoms with Gasteiger partial charge in [-0.25, -0.2) is 8.42 Å². The number of amidine groups is 1. The van der Waals surface area contributed by atoms with Crippen LogP contribution in [0.2, 0.25) is 10.0 Å². The Balaban J connectivity index is 1.79. The van der Waals surface area contributed by atoms with Gasteiger partial charge in [-0.1, -0.05) is 29.3 Å². The van der Waals surface area contributed by atoms with E-state index in [-0.39, 0.29) is 10.5 Å². The third kappa shape index (κ3) is 4.55. The Labute approximate surface area is 161 Å². The molecule has 1 aliphatic rings. The van der Waals surface area contributed by atoms with Crippen LogP contribution in [0.3, 0.4) is 0 Å². The lowest BCUT2D eigenvalue weighted by Gasteiger charge is -2.10. The number of hydrogen-bond acceptors (Lipinski definition) is 4. The molecule has 0 fully saturated rings. The Bertz CT molecular complexity index is 970. The van der Waals surface area contributed by atoms with E-state index in [2.05, 4.69) is 15.0 Å². The van der Waals surface area contributed by atoms with Gasteiger partial charge in [0.1, 0.15) is 5.84 Å². The molecule has 26 heavy (non-hydrogen) atoms. The van der Waals surface area contributed by atoms with Crippen molar-refractivity contribution in [3.8, 4) is 0 Å². The number of nitrogens with zero attached hydrogens (tertiary/aromatic N) is 1. The summed E-state index contributed by atoms with van der Waals surface area (Å²) in [5.41, 5.74) is 0.608. The highest BCUT2D eigenvalue weighted by atomic mass is 35.5. The normalized spacial score (nSPS) is 14.0. The van der Waals surface area contributed by atoms with Crippen molar-refractivity contribution < 1.29 is 13.2 Å². The number of halogens is 2. The van der Waals surface area contributed by atoms with Crippen LogP contribution < -0.4 is 10.0 Å². The molecule has 0 aromatic heterocycles. The van der Waals surface area contributed by atoms with E-state index in [4.69, 9.17) is 23.2 Å². The van der Waals surface area contributed by atoms with Crippen LogP contribution in [0.25, 0.3) is 0 Å². The average Bonchev–Trinajstić information content (AvgIpc) is 3.06. The predicted molar refractivity (Wildman–Crippen MR) is 103 cm³/mol. The molecule has 3 rings (SSSR count). The average molecular weight is 412 g/mol. The Morgan fingerprint density at radius 2 is 1.81 bits per heavy atom. The summed E-state index contributed by atoms with van der Waals surface area (Å²) >= 11 is 11.8. The van der Waals surface area contributed by atoms with Gasteiger partial charge in [0.05, 0.1) is 4.90 Å². The first-order valence-electron chi connectivity index (χ1n) is 7.77. The van der Waals surface area contributed by atoms with E-state index in [1.165, 1.54) is 30.3 Å². The maximum Gasteiger partial charge on any atom is 0.262 e. The van der Waals surface area contributed by atoms with Gasteiger partial charge in [0, 0.05) is 34.3 Å². The Morgan fingerprint density at radius 1 is 1.08 bits per heavy atom. The first-order chi connectivity index (χ1) is 12.3. The number of hydrogen-bond donors (Lipinski definition) is 2. The SMILES string of the molecule is O=C(Nc1cccc(S(=O)(=O)NC2=NCCC2)c1)c1cc(Cl)cc(Cl)c1. The van der Waals surface area contributed by atoms with E-state index in [0.717, 1.165) is 6.42 Å². The van der Waals surface area contributed by atoms with Gasteiger partial charge in [0.2, 0.25) is 0 Å². The number of benzene rings is 2. The van der Waals surface area contributed by atoms with Crippen LogP contribution in [0.1, 0.15) is 23.2 Å². The molecule has 0 bridgehead atoms. The minimum absolute atomic E-state index is 0.0361. The smallest absolute Gasteiger partial charge is 0.262 e. The van der Waals surface area contributed by atoms with E-state index in [1.807, 2.05) is 0 Å². The Hall–Kier alpha value is -2.09. The lowest BCUT2D eigenvalue weighted by atomic mass is 10.2. The van der Waals surface area contributed by atoms with Crippen molar-refractivity contribution in [2.24, 2.45) is 4.99 Å². The molecule has 1 heterocycles. The molecular weight excluding hydrogens is 397 g/mol. The second kappa shape index (κ2) is 7.65. The van der Waals surface area contributed by atoms with Gasteiger partial charge in [-0.3, -0.25) is 14.5 Å². The fraction of sp³-hybridized carbons (Fsp3) is 0.176. The molecule has 136 valence electrons. The standard InChI is InChI=1S/C17H15Cl2N3O3S/c18-12-7-11(8-13(19)9-12)17(23)21-14-3-1-4-15(10-14)26(24,25)22-16-5-2-6-20-16/h1,3-4,7-10H,2,5-6H2,(H,20,22)(H,21,23). The summed E-state index contributed by atoms with van der Waals surface area (Å²) in [6.45, 7) is 0.621. The molecule has 0 unspecified atom stereocenters. The monoisotopic (exact) mass is 411 g/mol. The number of rotatable bonds is 4. The van der Waals surface area contributed by atoms with E-state index >= 15 is 0 Å². The van der Waals surface area contributed by atoms with Gasteiger partial charge >= 0.3 is 0 Å². The van der Waals surface area contributed by atoms with Crippen molar-refractivity contribution >= 4 is 50.7 Å². The fourth-order valence-corrected chi connectivity index (χ4v) is 4.13. The molecular formula is C17H15Cl2N3O3S. The third-order valence-electron chi connectivity index (χ3n) is 3.65. The zero-order valence-electron chi connectivity index (χ0n) is 13.5. The number of amides is 1. The Kier molecular flexibility index (Phi) is 5.50. The van der Waals surface area contributed by atoms with Crippen LogP contribution in [0, 0.1) is 0 Å². The molecule has 0 aliphatic carbocycles. The maximum atomic E-state index is 12.4. The van der Waals surface area contributed by atoms with Crippen molar-refractivity contribution in [1.29, 1.82) is 0 Å². The zero-order valence-corrected chi connectivity index (χ0v) is 15.8. The molecule has 0 saturated carbocycles. The van der Waals surface area contributed by atoms with Crippen LogP contribution >= 0.6 is 23.2 Å². The lowest BCUT2D eigenvalue weighted by molar-refractivity contribution is 0.102. The largest absolute Gasteiger partial charge is 0.322 e. The molecule has 9 heteroatoms. The summed E-state index contributed by atoms with van der Waals surface area (Å²) in [5.74, 6) is 0.00471. The highest BCUT2D eigenvalue weighted by Gasteiger charge is 2.19. The molecule has 1 amide bonds. The van der Waals surface area contributed by atoms with Gasteiger partial charge in [0.25, 0.3) is 15.9 Å². The molecule has 0 spiro atoms. The summed E-state index contributed by atoms with van der Waals surface area (Å²) < 4.78 is 27.4. The van der Waals surface area contributed by atoms with Crippen molar-refractivity contribution in [2.45, 2.75) is 17.7 Å². The van der Waals surface area contributed by atoms with Gasteiger partial charge in [-0.05, 0) is 42.8 Å². The number of nitrogens with one attached hydrogen (secondary N) is 2. The summed E-state index contributed by atoms with van der Waals surface area (Å²) in [6.07, 6.45) is 1.43. The molecule has 2 N–H and O–H groups in total. The van der Waals surface area contributed by atoms with E-state index < -0.39 is 15.9 Å². The first kappa shape index (κ1) is 18.7. The highest BCUT2D eigenvalue weighted by Crippen LogP contribution is 2.21. The van der Waals surface area contributed by atoms with Gasteiger partial charge in [-0.15, -0.1) is 0 Å². The zero-order chi connectivity index (χ0) is 18.7. The number of aliphatic imine (C=N–C) groups is 1. The van der Waals surface area contributed by atoms with Crippen LogP contribution in [-0.2, 0) is 10.0 Å². The van der Waals surface area contributed by atoms with E-state index in [1.54, 1.807) is 12.1 Å². The van der Waals surface area contributed by atoms with Crippen molar-refractivity contribution in [3.05, 3.63) is 58.1 Å². The molecule has 2 aromatic carbocycles. The molecule has 0 saturated heterocycles. The number of carbonyl (C=O) groups excluding carboxylic acids is 1. The third-order valence-corrected chi connectivity index (χ3v) is 5.47. The topological polar surface area (TPSA) is 87.6 Å². The van der Waals surface area contributed by atoms with Gasteiger partial charge in [-0.2, -0.15) is 0 Å². The first-order valence-corrected chi connectivity index (χ1v) is 10.0. The van der Waals surface area contributed by atoms with Crippen LogP contribution in [-0.4, -0.2) is 26.7 Å². The fourth-order valence-electron chi connectivity index (χ4n) is 2.47. The molecule has 6 nitrogen and oxygen atoms in total. The highest BCUT2D eigenvalue weighted by molar-refractivity contribution is 7.90. The van der Waals surface area contributed by atoms with Crippen LogP contribution in [0.5, 0.6) is 0 Å². The van der Waals surface area contributed by atoms with Crippen molar-refractivity contribution in [3.63, 3.8) is 0 Å². The van der Waals surface area contributed by atoms with Crippen LogP contribution in [0.15, 0.2) is 52.4 Å². The molecule has 0 atom stereocenters. The van der Waals surface area contributed by atoms with Gasteiger partial charge in [0.15, 0.2) is 0 Å². The molecule has 1 aliphatic heterocycles. The lowest BCUT2D eigenvalue weighted by Crippen LogP contribution is -2.29. The number of anilines is 1. The van der Waals surface area contributed by atoms with E-state index in [9.17, 15) is 13.2 Å². The Morgan fingerprint density at radius 3 is 2.46 bits per heavy atom. The molecule has 0 radical (unpaired) electrons. The summed E-state index contributed by atoms with van der Waals surface area (Å²) in [4.78, 5) is 16.5. The number of carbonyl (C=O) groups is 1. The minimum atomic E-state index is -3.75. The second-order valence-electron chi connectivity index (χ2n) is 5.68. The minimum Gasteiger partial charge on any atom is -0.322 e. The van der Waals surface area contributed by atoms with Crippen molar-refractivity contribution in [2.75, 3.05) is 11.9 Å². The summed E-state index contributed by atoms with van der Waals surface area (Å²) in [7, 11) is -3.75. The quantitative estimate of drug-likeness (QED) is 0.803. The van der Waals surface area contributed by atoms with Crippen LogP contribution in [0.4, 0.5) is 5.69 Å². The number of sulfonamides is 1. The predicted octanol–water partition coefficient (Wildman–Crippen LogP) is 3.72. The van der Waals surface area contributed by atoms with E-state index in [0.29, 0.717) is 34.5 Å². The summed E-state index contributed by atoms with van der Waals surface area (Å²) in [6, 6.07) is 10.4.